The van der Waals surface area contributed by atoms with Gasteiger partial charge in [-0.25, -0.2) is 21.1 Å². The van der Waals surface area contributed by atoms with Crippen LogP contribution in [0.3, 0.4) is 0 Å². The van der Waals surface area contributed by atoms with Gasteiger partial charge in [0.1, 0.15) is 0 Å². The van der Waals surface area contributed by atoms with E-state index in [9.17, 15) is 25.6 Å². The van der Waals surface area contributed by atoms with Crippen LogP contribution in [0.1, 0.15) is 25.7 Å². The van der Waals surface area contributed by atoms with E-state index < -0.39 is 26.6 Å². The zero-order valence-corrected chi connectivity index (χ0v) is 18.3. The molecule has 0 unspecified atom stereocenters. The largest absolute Gasteiger partial charge is 0.328 e. The molecule has 0 atom stereocenters. The van der Waals surface area contributed by atoms with E-state index >= 15 is 0 Å². The predicted octanol–water partition coefficient (Wildman–Crippen LogP) is 4.32. The van der Waals surface area contributed by atoms with Gasteiger partial charge in [-0.05, 0) is 61.4 Å². The molecule has 2 aromatic carbocycles. The lowest BCUT2D eigenvalue weighted by Gasteiger charge is -2.24. The maximum absolute atomic E-state index is 13.7. The fraction of sp³-hybridized carbons (Fsp3) is 0.368. The summed E-state index contributed by atoms with van der Waals surface area (Å²) < 4.78 is 79.9. The molecule has 0 spiro atoms. The number of hydrogen-bond acceptors (Lipinski definition) is 4. The van der Waals surface area contributed by atoms with E-state index in [0.717, 1.165) is 62.1 Å². The van der Waals surface area contributed by atoms with Gasteiger partial charge in [0.05, 0.1) is 15.5 Å². The van der Waals surface area contributed by atoms with Gasteiger partial charge in [0.15, 0.2) is 0 Å². The van der Waals surface area contributed by atoms with Crippen molar-refractivity contribution < 1.29 is 25.6 Å². The molecular formula is C19H21ClF2N2O4S2. The van der Waals surface area contributed by atoms with Crippen molar-refractivity contribution in [2.45, 2.75) is 42.0 Å². The molecular weight excluding hydrogens is 458 g/mol. The predicted molar refractivity (Wildman–Crippen MR) is 111 cm³/mol. The van der Waals surface area contributed by atoms with Gasteiger partial charge in [-0.3, -0.25) is 0 Å². The highest BCUT2D eigenvalue weighted by atomic mass is 35.5. The van der Waals surface area contributed by atoms with Crippen LogP contribution in [0.15, 0.2) is 58.3 Å². The number of halogens is 3. The first-order chi connectivity index (χ1) is 14.1. The number of nitrogens with zero attached hydrogens (tertiary/aromatic N) is 2. The maximum atomic E-state index is 13.7. The van der Waals surface area contributed by atoms with Crippen molar-refractivity contribution in [2.75, 3.05) is 17.4 Å². The highest BCUT2D eigenvalue weighted by Gasteiger charge is 2.33. The second kappa shape index (κ2) is 9.17. The topological polar surface area (TPSA) is 74.8 Å². The normalized spacial score (nSPS) is 16.4. The Labute approximate surface area is 180 Å². The van der Waals surface area contributed by atoms with E-state index in [0.29, 0.717) is 13.1 Å². The molecule has 1 aliphatic heterocycles. The molecule has 0 N–H and O–H groups in total. The Bertz CT molecular complexity index is 1070. The summed E-state index contributed by atoms with van der Waals surface area (Å²) in [4.78, 5) is -0.417. The molecule has 6 nitrogen and oxygen atoms in total. The first-order valence-corrected chi connectivity index (χ1v) is 12.6. The lowest BCUT2D eigenvalue weighted by molar-refractivity contribution is 0.162. The fourth-order valence-electron chi connectivity index (χ4n) is 3.27. The van der Waals surface area contributed by atoms with Crippen molar-refractivity contribution in [3.05, 3.63) is 53.6 Å². The molecule has 1 heterocycles. The minimum Gasteiger partial charge on any atom is -0.207 e. The van der Waals surface area contributed by atoms with Crippen LogP contribution >= 0.6 is 11.6 Å². The molecule has 11 heteroatoms. The van der Waals surface area contributed by atoms with Gasteiger partial charge >= 0.3 is 6.55 Å². The molecule has 30 heavy (non-hydrogen) atoms. The third-order valence-corrected chi connectivity index (χ3v) is 8.76. The van der Waals surface area contributed by atoms with E-state index in [1.807, 2.05) is 0 Å². The summed E-state index contributed by atoms with van der Waals surface area (Å²) in [6, 6.07) is 9.29. The van der Waals surface area contributed by atoms with Crippen LogP contribution in [0.4, 0.5) is 14.5 Å². The summed E-state index contributed by atoms with van der Waals surface area (Å²) in [6.07, 6.45) is 3.43. The molecule has 2 aromatic rings. The van der Waals surface area contributed by atoms with E-state index in [1.165, 1.54) is 16.4 Å². The Morgan fingerprint density at radius 1 is 0.800 bits per heavy atom. The molecule has 0 aliphatic carbocycles. The molecule has 1 aliphatic rings. The number of rotatable bonds is 6. The standard InChI is InChI=1S/C19H21ClF2N2O4S2/c20-15-5-9-18(10-6-15)30(27,28)24(19(21)22)16-7-11-17(12-8-16)29(25,26)23-13-3-1-2-4-14-23/h5-12,19H,1-4,13-14H2. The lowest BCUT2D eigenvalue weighted by atomic mass is 10.2. The minimum atomic E-state index is -4.58. The van der Waals surface area contributed by atoms with Crippen LogP contribution in [0.2, 0.25) is 5.02 Å². The van der Waals surface area contributed by atoms with Crippen molar-refractivity contribution in [3.8, 4) is 0 Å². The average molecular weight is 479 g/mol. The molecule has 1 fully saturated rings. The van der Waals surface area contributed by atoms with Gasteiger partial charge < -0.3 is 0 Å². The third-order valence-electron chi connectivity index (χ3n) is 4.84. The first kappa shape index (κ1) is 22.9. The second-order valence-corrected chi connectivity index (χ2v) is 11.0. The van der Waals surface area contributed by atoms with Crippen molar-refractivity contribution in [2.24, 2.45) is 0 Å². The Morgan fingerprint density at radius 3 is 1.80 bits per heavy atom. The van der Waals surface area contributed by atoms with Crippen LogP contribution in [0.25, 0.3) is 0 Å². The molecule has 3 rings (SSSR count). The average Bonchev–Trinajstić information content (AvgIpc) is 2.98. The van der Waals surface area contributed by atoms with Crippen LogP contribution in [0.5, 0.6) is 0 Å². The summed E-state index contributed by atoms with van der Waals surface area (Å²) in [5, 5.41) is 0.264. The fourth-order valence-corrected chi connectivity index (χ4v) is 6.23. The number of anilines is 1. The summed E-state index contributed by atoms with van der Waals surface area (Å²) in [5.74, 6) is 0. The molecule has 1 saturated heterocycles. The summed E-state index contributed by atoms with van der Waals surface area (Å²) >= 11 is 5.74. The molecule has 0 saturated carbocycles. The SMILES string of the molecule is O=S(=O)(c1ccc(N(C(F)F)S(=O)(=O)c2ccc(Cl)cc2)cc1)N1CCCCCC1. The number of benzene rings is 2. The number of alkyl halides is 2. The van der Waals surface area contributed by atoms with Crippen LogP contribution in [-0.2, 0) is 20.0 Å². The first-order valence-electron chi connectivity index (χ1n) is 9.32. The molecule has 164 valence electrons. The van der Waals surface area contributed by atoms with E-state index in [-0.39, 0.29) is 24.8 Å². The lowest BCUT2D eigenvalue weighted by Crippen LogP contribution is -2.35. The van der Waals surface area contributed by atoms with Crippen molar-refractivity contribution >= 4 is 37.3 Å². The van der Waals surface area contributed by atoms with Crippen LogP contribution in [0, 0.1) is 0 Å². The van der Waals surface area contributed by atoms with Crippen molar-refractivity contribution in [1.82, 2.24) is 4.31 Å². The van der Waals surface area contributed by atoms with Gasteiger partial charge in [-0.15, -0.1) is 0 Å². The Hall–Kier alpha value is -1.75. The van der Waals surface area contributed by atoms with E-state index in [4.69, 9.17) is 11.6 Å². The smallest absolute Gasteiger partial charge is 0.207 e. The number of sulfonamides is 2. The zero-order valence-electron chi connectivity index (χ0n) is 15.9. The Kier molecular flexibility index (Phi) is 7.01. The molecule has 0 aromatic heterocycles. The summed E-state index contributed by atoms with van der Waals surface area (Å²) in [6.45, 7) is -2.56. The quantitative estimate of drug-likeness (QED) is 0.579. The van der Waals surface area contributed by atoms with Gasteiger partial charge in [0.2, 0.25) is 10.0 Å². The van der Waals surface area contributed by atoms with Crippen LogP contribution < -0.4 is 4.31 Å². The Morgan fingerprint density at radius 2 is 1.30 bits per heavy atom. The zero-order chi connectivity index (χ0) is 21.9. The van der Waals surface area contributed by atoms with E-state index in [1.54, 1.807) is 0 Å². The third kappa shape index (κ3) is 4.77. The van der Waals surface area contributed by atoms with Gasteiger partial charge in [0.25, 0.3) is 10.0 Å². The summed E-state index contributed by atoms with van der Waals surface area (Å²) in [7, 11) is -8.36. The Balaban J connectivity index is 1.93. The highest BCUT2D eigenvalue weighted by Crippen LogP contribution is 2.30. The van der Waals surface area contributed by atoms with Gasteiger partial charge in [-0.1, -0.05) is 24.4 Å². The minimum absolute atomic E-state index is 0.0431. The van der Waals surface area contributed by atoms with Gasteiger partial charge in [0, 0.05) is 18.1 Å². The number of hydrogen-bond donors (Lipinski definition) is 0. The highest BCUT2D eigenvalue weighted by molar-refractivity contribution is 7.92. The maximum Gasteiger partial charge on any atom is 0.328 e. The molecule has 0 bridgehead atoms. The van der Waals surface area contributed by atoms with Crippen LogP contribution in [-0.4, -0.2) is 40.8 Å². The molecule has 0 amide bonds. The molecule has 0 radical (unpaired) electrons. The van der Waals surface area contributed by atoms with Crippen molar-refractivity contribution in [1.29, 1.82) is 0 Å². The summed E-state index contributed by atoms with van der Waals surface area (Å²) in [5.41, 5.74) is -0.338. The van der Waals surface area contributed by atoms with Gasteiger partial charge in [-0.2, -0.15) is 13.1 Å². The second-order valence-electron chi connectivity index (χ2n) is 6.84. The van der Waals surface area contributed by atoms with E-state index in [2.05, 4.69) is 0 Å². The van der Waals surface area contributed by atoms with Crippen molar-refractivity contribution in [3.63, 3.8) is 0 Å². The monoisotopic (exact) mass is 478 g/mol.